The van der Waals surface area contributed by atoms with E-state index >= 15 is 0 Å². The minimum Gasteiger partial charge on any atom is -0.283 e. The van der Waals surface area contributed by atoms with E-state index < -0.39 is 21.1 Å². The van der Waals surface area contributed by atoms with Crippen LogP contribution in [0.3, 0.4) is 0 Å². The van der Waals surface area contributed by atoms with Crippen LogP contribution in [-0.2, 0) is 10.0 Å². The summed E-state index contributed by atoms with van der Waals surface area (Å²) in [5, 5.41) is -0.434. The smallest absolute Gasteiger partial charge is 0.235 e. The summed E-state index contributed by atoms with van der Waals surface area (Å²) in [6.07, 6.45) is 0. The van der Waals surface area contributed by atoms with Gasteiger partial charge in [0.1, 0.15) is 5.82 Å². The predicted octanol–water partition coefficient (Wildman–Crippen LogP) is 2.63. The Labute approximate surface area is 93.3 Å². The summed E-state index contributed by atoms with van der Waals surface area (Å²) in [7, 11) is -3.46. The SMILES string of the molecule is CC(C)S(=O)(=O)Nc1cc(F)cc(Cl)c1. The highest BCUT2D eigenvalue weighted by atomic mass is 35.5. The first-order valence-electron chi connectivity index (χ1n) is 4.29. The Kier molecular flexibility index (Phi) is 3.57. The van der Waals surface area contributed by atoms with Crippen molar-refractivity contribution in [1.82, 2.24) is 0 Å². The van der Waals surface area contributed by atoms with Crippen LogP contribution >= 0.6 is 11.6 Å². The summed E-state index contributed by atoms with van der Waals surface area (Å²) >= 11 is 5.58. The Morgan fingerprint density at radius 1 is 1.33 bits per heavy atom. The summed E-state index contributed by atoms with van der Waals surface area (Å²) in [4.78, 5) is 0. The van der Waals surface area contributed by atoms with Crippen molar-refractivity contribution >= 4 is 27.3 Å². The van der Waals surface area contributed by atoms with E-state index in [0.29, 0.717) is 0 Å². The summed E-state index contributed by atoms with van der Waals surface area (Å²) in [5.41, 5.74) is 0.133. The van der Waals surface area contributed by atoms with E-state index in [4.69, 9.17) is 11.6 Å². The summed E-state index contributed by atoms with van der Waals surface area (Å²) < 4.78 is 38.0. The Morgan fingerprint density at radius 3 is 2.40 bits per heavy atom. The molecule has 0 atom stereocenters. The Bertz CT molecular complexity index is 439. The van der Waals surface area contributed by atoms with Crippen LogP contribution in [0.2, 0.25) is 5.02 Å². The molecule has 1 rings (SSSR count). The summed E-state index contributed by atoms with van der Waals surface area (Å²) in [5.74, 6) is -0.580. The Hall–Kier alpha value is -0.810. The second-order valence-corrected chi connectivity index (χ2v) is 6.03. The van der Waals surface area contributed by atoms with E-state index in [1.807, 2.05) is 0 Å². The van der Waals surface area contributed by atoms with Gasteiger partial charge in [-0.1, -0.05) is 11.6 Å². The Morgan fingerprint density at radius 2 is 1.93 bits per heavy atom. The minimum atomic E-state index is -3.46. The van der Waals surface area contributed by atoms with Gasteiger partial charge in [0.05, 0.1) is 10.9 Å². The zero-order chi connectivity index (χ0) is 11.6. The van der Waals surface area contributed by atoms with Gasteiger partial charge in [0.15, 0.2) is 0 Å². The normalized spacial score (nSPS) is 11.8. The molecule has 3 nitrogen and oxygen atoms in total. The molecule has 0 aromatic heterocycles. The van der Waals surface area contributed by atoms with Crippen LogP contribution in [0.4, 0.5) is 10.1 Å². The van der Waals surface area contributed by atoms with Crippen LogP contribution in [0.15, 0.2) is 18.2 Å². The second-order valence-electron chi connectivity index (χ2n) is 3.35. The van der Waals surface area contributed by atoms with Crippen molar-refractivity contribution in [3.63, 3.8) is 0 Å². The van der Waals surface area contributed by atoms with Gasteiger partial charge in [-0.2, -0.15) is 0 Å². The number of nitrogens with one attached hydrogen (secondary N) is 1. The van der Waals surface area contributed by atoms with E-state index in [2.05, 4.69) is 4.72 Å². The maximum absolute atomic E-state index is 12.9. The fourth-order valence-corrected chi connectivity index (χ4v) is 1.80. The van der Waals surface area contributed by atoms with Gasteiger partial charge in [0, 0.05) is 5.02 Å². The first-order valence-corrected chi connectivity index (χ1v) is 6.21. The number of hydrogen-bond acceptors (Lipinski definition) is 2. The lowest BCUT2D eigenvalue weighted by molar-refractivity contribution is 0.592. The van der Waals surface area contributed by atoms with Gasteiger partial charge in [-0.15, -0.1) is 0 Å². The molecule has 0 bridgehead atoms. The number of rotatable bonds is 3. The molecule has 0 aliphatic rings. The standard InChI is InChI=1S/C9H11ClFNO2S/c1-6(2)15(13,14)12-9-4-7(10)3-8(11)5-9/h3-6,12H,1-2H3. The molecule has 0 saturated heterocycles. The number of hydrogen-bond donors (Lipinski definition) is 1. The number of halogens is 2. The molecule has 6 heteroatoms. The fourth-order valence-electron chi connectivity index (χ4n) is 0.895. The zero-order valence-electron chi connectivity index (χ0n) is 8.29. The van der Waals surface area contributed by atoms with Gasteiger partial charge in [0.25, 0.3) is 0 Å². The van der Waals surface area contributed by atoms with E-state index in [-0.39, 0.29) is 10.7 Å². The van der Waals surface area contributed by atoms with Gasteiger partial charge in [-0.3, -0.25) is 4.72 Å². The van der Waals surface area contributed by atoms with Crippen molar-refractivity contribution in [2.24, 2.45) is 0 Å². The van der Waals surface area contributed by atoms with Crippen molar-refractivity contribution in [2.75, 3.05) is 4.72 Å². The van der Waals surface area contributed by atoms with Gasteiger partial charge in [-0.05, 0) is 32.0 Å². The third-order valence-electron chi connectivity index (χ3n) is 1.74. The lowest BCUT2D eigenvalue weighted by Crippen LogP contribution is -2.22. The quantitative estimate of drug-likeness (QED) is 0.898. The number of anilines is 1. The lowest BCUT2D eigenvalue weighted by Gasteiger charge is -2.10. The van der Waals surface area contributed by atoms with Gasteiger partial charge in [0.2, 0.25) is 10.0 Å². The highest BCUT2D eigenvalue weighted by Gasteiger charge is 2.15. The van der Waals surface area contributed by atoms with Crippen molar-refractivity contribution in [2.45, 2.75) is 19.1 Å². The molecule has 1 N–H and O–H groups in total. The van der Waals surface area contributed by atoms with Crippen molar-refractivity contribution in [3.8, 4) is 0 Å². The van der Waals surface area contributed by atoms with Gasteiger partial charge < -0.3 is 0 Å². The highest BCUT2D eigenvalue weighted by molar-refractivity contribution is 7.93. The average Bonchev–Trinajstić information content (AvgIpc) is 1.99. The molecule has 0 heterocycles. The molecule has 0 spiro atoms. The monoisotopic (exact) mass is 251 g/mol. The first-order chi connectivity index (χ1) is 6.81. The minimum absolute atomic E-state index is 0.133. The largest absolute Gasteiger partial charge is 0.283 e. The molecule has 1 aromatic carbocycles. The van der Waals surface area contributed by atoms with Crippen LogP contribution in [0, 0.1) is 5.82 Å². The van der Waals surface area contributed by atoms with E-state index in [9.17, 15) is 12.8 Å². The second kappa shape index (κ2) is 4.37. The molecule has 1 aromatic rings. The van der Waals surface area contributed by atoms with Crippen LogP contribution in [0.1, 0.15) is 13.8 Å². The molecule has 0 aliphatic heterocycles. The number of benzene rings is 1. The maximum Gasteiger partial charge on any atom is 0.235 e. The van der Waals surface area contributed by atoms with Crippen LogP contribution in [-0.4, -0.2) is 13.7 Å². The fraction of sp³-hybridized carbons (Fsp3) is 0.333. The molecule has 0 fully saturated rings. The molecule has 0 radical (unpaired) electrons. The topological polar surface area (TPSA) is 46.2 Å². The number of sulfonamides is 1. The third-order valence-corrected chi connectivity index (χ3v) is 3.72. The molecule has 15 heavy (non-hydrogen) atoms. The van der Waals surface area contributed by atoms with Crippen molar-refractivity contribution in [1.29, 1.82) is 0 Å². The third kappa shape index (κ3) is 3.35. The van der Waals surface area contributed by atoms with Crippen molar-refractivity contribution in [3.05, 3.63) is 29.0 Å². The van der Waals surface area contributed by atoms with E-state index in [0.717, 1.165) is 12.1 Å². The molecular formula is C9H11ClFNO2S. The van der Waals surface area contributed by atoms with E-state index in [1.165, 1.54) is 19.9 Å². The molecule has 0 saturated carbocycles. The molecule has 0 unspecified atom stereocenters. The first kappa shape index (κ1) is 12.3. The van der Waals surface area contributed by atoms with E-state index in [1.54, 1.807) is 0 Å². The van der Waals surface area contributed by atoms with Gasteiger partial charge >= 0.3 is 0 Å². The summed E-state index contributed by atoms with van der Waals surface area (Å²) in [6, 6.07) is 3.53. The Balaban J connectivity index is 3.00. The van der Waals surface area contributed by atoms with Crippen LogP contribution in [0.25, 0.3) is 0 Å². The average molecular weight is 252 g/mol. The van der Waals surface area contributed by atoms with Crippen LogP contribution in [0.5, 0.6) is 0 Å². The van der Waals surface area contributed by atoms with Gasteiger partial charge in [-0.25, -0.2) is 12.8 Å². The lowest BCUT2D eigenvalue weighted by atomic mass is 10.3. The maximum atomic E-state index is 12.9. The molecular weight excluding hydrogens is 241 g/mol. The highest BCUT2D eigenvalue weighted by Crippen LogP contribution is 2.19. The van der Waals surface area contributed by atoms with Crippen LogP contribution < -0.4 is 4.72 Å². The zero-order valence-corrected chi connectivity index (χ0v) is 9.86. The molecule has 84 valence electrons. The molecule has 0 aliphatic carbocycles. The molecule has 0 amide bonds. The summed E-state index contributed by atoms with van der Waals surface area (Å²) in [6.45, 7) is 3.06. The predicted molar refractivity (Wildman–Crippen MR) is 59.1 cm³/mol. The van der Waals surface area contributed by atoms with Crippen molar-refractivity contribution < 1.29 is 12.8 Å².